The number of rotatable bonds is 4. The zero-order valence-electron chi connectivity index (χ0n) is 12.4. The van der Waals surface area contributed by atoms with Crippen LogP contribution in [-0.2, 0) is 0 Å². The van der Waals surface area contributed by atoms with Gasteiger partial charge in [0, 0.05) is 42.3 Å². The summed E-state index contributed by atoms with van der Waals surface area (Å²) in [6, 6.07) is 6.16. The maximum absolute atomic E-state index is 6.41. The Morgan fingerprint density at radius 2 is 1.81 bits per heavy atom. The summed E-state index contributed by atoms with van der Waals surface area (Å²) in [7, 11) is 0. The topological polar surface area (TPSA) is 15.3 Å². The maximum Gasteiger partial charge on any atom is 0.0455 e. The molecule has 21 heavy (non-hydrogen) atoms. The van der Waals surface area contributed by atoms with Crippen molar-refractivity contribution in [3.63, 3.8) is 0 Å². The molecule has 0 saturated carbocycles. The highest BCUT2D eigenvalue weighted by atomic mass is 35.5. The number of benzene rings is 1. The van der Waals surface area contributed by atoms with Crippen LogP contribution in [0, 0.1) is 5.92 Å². The van der Waals surface area contributed by atoms with Gasteiger partial charge in [-0.1, -0.05) is 43.5 Å². The van der Waals surface area contributed by atoms with Crippen LogP contribution in [0.4, 0.5) is 0 Å². The van der Waals surface area contributed by atoms with Crippen molar-refractivity contribution in [2.45, 2.75) is 26.3 Å². The van der Waals surface area contributed by atoms with Crippen molar-refractivity contribution in [2.24, 2.45) is 5.92 Å². The van der Waals surface area contributed by atoms with Crippen LogP contribution in [-0.4, -0.2) is 31.1 Å². The third kappa shape index (κ3) is 5.46. The van der Waals surface area contributed by atoms with Crippen molar-refractivity contribution >= 4 is 48.0 Å². The first kappa shape index (κ1) is 21.3. The fraction of sp³-hybridized carbons (Fsp3) is 0.600. The van der Waals surface area contributed by atoms with Crippen LogP contribution >= 0.6 is 48.0 Å². The summed E-state index contributed by atoms with van der Waals surface area (Å²) in [5, 5.41) is 5.00. The van der Waals surface area contributed by atoms with Gasteiger partial charge in [0.25, 0.3) is 0 Å². The number of nitrogens with one attached hydrogen (secondary N) is 1. The molecule has 0 spiro atoms. The van der Waals surface area contributed by atoms with Gasteiger partial charge in [-0.05, 0) is 29.7 Å². The predicted octanol–water partition coefficient (Wildman–Crippen LogP) is 4.83. The van der Waals surface area contributed by atoms with E-state index in [0.717, 1.165) is 42.6 Å². The number of hydrogen-bond donors (Lipinski definition) is 1. The van der Waals surface area contributed by atoms with Crippen LogP contribution in [0.15, 0.2) is 18.2 Å². The smallest absolute Gasteiger partial charge is 0.0455 e. The van der Waals surface area contributed by atoms with Crippen molar-refractivity contribution in [3.8, 4) is 0 Å². The molecule has 1 heterocycles. The van der Waals surface area contributed by atoms with Crippen molar-refractivity contribution in [1.29, 1.82) is 0 Å². The minimum atomic E-state index is 0. The average Bonchev–Trinajstić information content (AvgIpc) is 2.44. The van der Waals surface area contributed by atoms with Crippen LogP contribution in [0.2, 0.25) is 10.0 Å². The lowest BCUT2D eigenvalue weighted by Gasteiger charge is -2.38. The maximum atomic E-state index is 6.41. The van der Waals surface area contributed by atoms with Gasteiger partial charge in [-0.15, -0.1) is 24.8 Å². The highest BCUT2D eigenvalue weighted by Crippen LogP contribution is 2.36. The molecule has 1 saturated heterocycles. The van der Waals surface area contributed by atoms with E-state index in [-0.39, 0.29) is 24.8 Å². The van der Waals surface area contributed by atoms with Gasteiger partial charge >= 0.3 is 0 Å². The highest BCUT2D eigenvalue weighted by Gasteiger charge is 2.28. The quantitative estimate of drug-likeness (QED) is 0.812. The van der Waals surface area contributed by atoms with Crippen LogP contribution in [0.3, 0.4) is 0 Å². The van der Waals surface area contributed by atoms with Gasteiger partial charge in [0.1, 0.15) is 0 Å². The molecule has 0 bridgehead atoms. The largest absolute Gasteiger partial charge is 0.314 e. The van der Waals surface area contributed by atoms with Gasteiger partial charge in [0.15, 0.2) is 0 Å². The van der Waals surface area contributed by atoms with Crippen LogP contribution < -0.4 is 5.32 Å². The number of halogens is 4. The van der Waals surface area contributed by atoms with E-state index in [4.69, 9.17) is 23.2 Å². The zero-order chi connectivity index (χ0) is 13.8. The molecule has 0 radical (unpaired) electrons. The molecule has 1 unspecified atom stereocenters. The van der Waals surface area contributed by atoms with Gasteiger partial charge in [-0.25, -0.2) is 0 Å². The molecule has 1 aromatic carbocycles. The SMILES string of the molecule is CCC(C)[C@@H](c1cc(Cl)ccc1Cl)N1CCNCC1.Cl.Cl. The molecule has 1 N–H and O–H groups in total. The molecular weight excluding hydrogens is 350 g/mol. The molecule has 2 nitrogen and oxygen atoms in total. The molecule has 1 fully saturated rings. The summed E-state index contributed by atoms with van der Waals surface area (Å²) in [5.41, 5.74) is 1.17. The number of nitrogens with zero attached hydrogens (tertiary/aromatic N) is 1. The fourth-order valence-corrected chi connectivity index (χ4v) is 3.20. The summed E-state index contributed by atoms with van der Waals surface area (Å²) < 4.78 is 0. The van der Waals surface area contributed by atoms with Crippen LogP contribution in [0.25, 0.3) is 0 Å². The van der Waals surface area contributed by atoms with E-state index in [2.05, 4.69) is 24.1 Å². The Hall–Kier alpha value is 0.300. The molecule has 0 aliphatic carbocycles. The van der Waals surface area contributed by atoms with E-state index in [1.807, 2.05) is 18.2 Å². The van der Waals surface area contributed by atoms with Gasteiger partial charge in [0.05, 0.1) is 0 Å². The molecule has 122 valence electrons. The van der Waals surface area contributed by atoms with Crippen LogP contribution in [0.1, 0.15) is 31.9 Å². The van der Waals surface area contributed by atoms with E-state index in [9.17, 15) is 0 Å². The molecular formula is C15H24Cl4N2. The van der Waals surface area contributed by atoms with Gasteiger partial charge < -0.3 is 5.32 Å². The molecule has 0 aromatic heterocycles. The lowest BCUT2D eigenvalue weighted by molar-refractivity contribution is 0.128. The molecule has 1 aromatic rings. The first-order chi connectivity index (χ1) is 9.13. The molecule has 1 aliphatic heterocycles. The molecule has 1 aliphatic rings. The Morgan fingerprint density at radius 3 is 2.38 bits per heavy atom. The van der Waals surface area contributed by atoms with Crippen molar-refractivity contribution < 1.29 is 0 Å². The van der Waals surface area contributed by atoms with Gasteiger partial charge in [0.2, 0.25) is 0 Å². The van der Waals surface area contributed by atoms with E-state index < -0.39 is 0 Å². The molecule has 6 heteroatoms. The first-order valence-corrected chi connectivity index (χ1v) is 7.78. The summed E-state index contributed by atoms with van der Waals surface area (Å²) in [4.78, 5) is 2.53. The second-order valence-electron chi connectivity index (χ2n) is 5.28. The lowest BCUT2D eigenvalue weighted by atomic mass is 9.90. The number of hydrogen-bond acceptors (Lipinski definition) is 2. The summed E-state index contributed by atoms with van der Waals surface area (Å²) in [6.45, 7) is 8.76. The van der Waals surface area contributed by atoms with Crippen molar-refractivity contribution in [1.82, 2.24) is 10.2 Å². The van der Waals surface area contributed by atoms with Crippen molar-refractivity contribution in [2.75, 3.05) is 26.2 Å². The summed E-state index contributed by atoms with van der Waals surface area (Å²) in [5.74, 6) is 0.564. The Bertz CT molecular complexity index is 422. The summed E-state index contributed by atoms with van der Waals surface area (Å²) >= 11 is 12.6. The zero-order valence-corrected chi connectivity index (χ0v) is 15.6. The van der Waals surface area contributed by atoms with E-state index in [0.29, 0.717) is 12.0 Å². The minimum absolute atomic E-state index is 0. The Morgan fingerprint density at radius 1 is 1.19 bits per heavy atom. The second-order valence-corrected chi connectivity index (χ2v) is 6.13. The Balaban J connectivity index is 0.00000200. The third-order valence-corrected chi connectivity index (χ3v) is 4.58. The van der Waals surface area contributed by atoms with E-state index in [1.54, 1.807) is 0 Å². The Kier molecular flexibility index (Phi) is 10.3. The predicted molar refractivity (Wildman–Crippen MR) is 97.6 cm³/mol. The highest BCUT2D eigenvalue weighted by molar-refractivity contribution is 6.33. The molecule has 0 amide bonds. The van der Waals surface area contributed by atoms with Gasteiger partial charge in [-0.3, -0.25) is 4.90 Å². The lowest BCUT2D eigenvalue weighted by Crippen LogP contribution is -2.46. The monoisotopic (exact) mass is 372 g/mol. The fourth-order valence-electron chi connectivity index (χ4n) is 2.79. The van der Waals surface area contributed by atoms with E-state index in [1.165, 1.54) is 5.56 Å². The molecule has 2 rings (SSSR count). The standard InChI is InChI=1S/C15H22Cl2N2.2ClH/c1-3-11(2)15(19-8-6-18-7-9-19)13-10-12(16)4-5-14(13)17;;/h4-5,10-11,15,18H,3,6-9H2,1-2H3;2*1H/t11?,15-;;/m0../s1. The van der Waals surface area contributed by atoms with E-state index >= 15 is 0 Å². The third-order valence-electron chi connectivity index (χ3n) is 4.00. The van der Waals surface area contributed by atoms with Crippen LogP contribution in [0.5, 0.6) is 0 Å². The normalized spacial score (nSPS) is 18.3. The molecule has 2 atom stereocenters. The van der Waals surface area contributed by atoms with Gasteiger partial charge in [-0.2, -0.15) is 0 Å². The number of piperazine rings is 1. The summed E-state index contributed by atoms with van der Waals surface area (Å²) in [6.07, 6.45) is 1.14. The second kappa shape index (κ2) is 10.1. The average molecular weight is 374 g/mol. The minimum Gasteiger partial charge on any atom is -0.314 e. The Labute approximate surface area is 150 Å². The first-order valence-electron chi connectivity index (χ1n) is 7.03. The van der Waals surface area contributed by atoms with Crippen molar-refractivity contribution in [3.05, 3.63) is 33.8 Å².